The topological polar surface area (TPSA) is 64.6 Å². The summed E-state index contributed by atoms with van der Waals surface area (Å²) in [6.45, 7) is 3.80. The molecule has 1 amide bonds. The van der Waals surface area contributed by atoms with Gasteiger partial charge in [0, 0.05) is 10.6 Å². The number of rotatable bonds is 5. The van der Waals surface area contributed by atoms with E-state index < -0.39 is 12.1 Å². The van der Waals surface area contributed by atoms with Crippen molar-refractivity contribution in [2.45, 2.75) is 39.2 Å². The van der Waals surface area contributed by atoms with Crippen molar-refractivity contribution in [1.29, 1.82) is 0 Å². The normalized spacial score (nSPS) is 17.1. The summed E-state index contributed by atoms with van der Waals surface area (Å²) in [4.78, 5) is 26.5. The largest absolute Gasteiger partial charge is 0.497 e. The first-order valence-corrected chi connectivity index (χ1v) is 9.55. The first-order valence-electron chi connectivity index (χ1n) is 8.73. The Hall–Kier alpha value is -2.34. The number of esters is 1. The number of hydrogen-bond acceptors (Lipinski definition) is 5. The molecule has 1 heterocycles. The standard InChI is InChI=1S/C20H23NO4S/c1-12-4-9-17-14(10-12)11-18(26-17)20(23)25-13(2)19(22)21-15-5-7-16(24-3)8-6-15/h5-8,11-13H,4,9-10H2,1-3H3,(H,21,22). The molecule has 138 valence electrons. The summed E-state index contributed by atoms with van der Waals surface area (Å²) in [5.74, 6) is 0.557. The van der Waals surface area contributed by atoms with Gasteiger partial charge in [0.25, 0.3) is 5.91 Å². The van der Waals surface area contributed by atoms with Crippen LogP contribution < -0.4 is 10.1 Å². The molecule has 1 aromatic carbocycles. The zero-order valence-electron chi connectivity index (χ0n) is 15.2. The predicted molar refractivity (Wildman–Crippen MR) is 102 cm³/mol. The average molecular weight is 373 g/mol. The van der Waals surface area contributed by atoms with Crippen molar-refractivity contribution in [2.75, 3.05) is 12.4 Å². The summed E-state index contributed by atoms with van der Waals surface area (Å²) in [7, 11) is 1.58. The Morgan fingerprint density at radius 1 is 1.27 bits per heavy atom. The van der Waals surface area contributed by atoms with Gasteiger partial charge >= 0.3 is 5.97 Å². The highest BCUT2D eigenvalue weighted by Crippen LogP contribution is 2.32. The highest BCUT2D eigenvalue weighted by molar-refractivity contribution is 7.14. The Labute approximate surface area is 157 Å². The number of amides is 1. The number of carbonyl (C=O) groups is 2. The van der Waals surface area contributed by atoms with E-state index in [1.165, 1.54) is 21.8 Å². The van der Waals surface area contributed by atoms with Crippen LogP contribution in [0.1, 0.15) is 40.4 Å². The molecule has 1 aliphatic rings. The van der Waals surface area contributed by atoms with Crippen molar-refractivity contribution in [3.8, 4) is 5.75 Å². The number of hydrogen-bond donors (Lipinski definition) is 1. The predicted octanol–water partition coefficient (Wildman–Crippen LogP) is 4.07. The summed E-state index contributed by atoms with van der Waals surface area (Å²) in [5, 5.41) is 2.74. The molecule has 2 atom stereocenters. The Bertz CT molecular complexity index is 797. The highest BCUT2D eigenvalue weighted by Gasteiger charge is 2.24. The molecule has 0 aliphatic heterocycles. The maximum atomic E-state index is 12.4. The Morgan fingerprint density at radius 3 is 2.69 bits per heavy atom. The molecule has 2 unspecified atom stereocenters. The van der Waals surface area contributed by atoms with Crippen molar-refractivity contribution in [1.82, 2.24) is 0 Å². The third-order valence-electron chi connectivity index (χ3n) is 4.54. The van der Waals surface area contributed by atoms with Crippen LogP contribution in [0.15, 0.2) is 30.3 Å². The zero-order chi connectivity index (χ0) is 18.7. The number of fused-ring (bicyclic) bond motifs is 1. The molecule has 0 saturated heterocycles. The van der Waals surface area contributed by atoms with Gasteiger partial charge in [-0.3, -0.25) is 4.79 Å². The van der Waals surface area contributed by atoms with Gasteiger partial charge in [0.15, 0.2) is 6.10 Å². The molecule has 1 aromatic heterocycles. The minimum Gasteiger partial charge on any atom is -0.497 e. The number of ether oxygens (including phenoxy) is 2. The van der Waals surface area contributed by atoms with Crippen molar-refractivity contribution >= 4 is 28.9 Å². The van der Waals surface area contributed by atoms with Crippen molar-refractivity contribution in [3.63, 3.8) is 0 Å². The van der Waals surface area contributed by atoms with Crippen molar-refractivity contribution in [3.05, 3.63) is 45.6 Å². The Morgan fingerprint density at radius 2 is 2.00 bits per heavy atom. The van der Waals surface area contributed by atoms with Gasteiger partial charge in [-0.2, -0.15) is 0 Å². The second-order valence-corrected chi connectivity index (χ2v) is 7.81. The molecule has 0 radical (unpaired) electrons. The van der Waals surface area contributed by atoms with E-state index in [0.717, 1.165) is 19.3 Å². The van der Waals surface area contributed by atoms with Gasteiger partial charge in [-0.1, -0.05) is 6.92 Å². The lowest BCUT2D eigenvalue weighted by molar-refractivity contribution is -0.123. The van der Waals surface area contributed by atoms with Gasteiger partial charge < -0.3 is 14.8 Å². The molecule has 6 heteroatoms. The lowest BCUT2D eigenvalue weighted by Crippen LogP contribution is -2.29. The van der Waals surface area contributed by atoms with Crippen LogP contribution in [0.5, 0.6) is 5.75 Å². The van der Waals surface area contributed by atoms with E-state index in [4.69, 9.17) is 9.47 Å². The monoisotopic (exact) mass is 373 g/mol. The van der Waals surface area contributed by atoms with Crippen LogP contribution in [0.4, 0.5) is 5.69 Å². The average Bonchev–Trinajstić information content (AvgIpc) is 3.05. The van der Waals surface area contributed by atoms with Gasteiger partial charge in [0.05, 0.1) is 7.11 Å². The van der Waals surface area contributed by atoms with Gasteiger partial charge in [-0.05, 0) is 68.0 Å². The van der Waals surface area contributed by atoms with Gasteiger partial charge in [-0.25, -0.2) is 4.79 Å². The van der Waals surface area contributed by atoms with Crippen LogP contribution in [0.25, 0.3) is 0 Å². The molecule has 1 aliphatic carbocycles. The summed E-state index contributed by atoms with van der Waals surface area (Å²) >= 11 is 1.49. The van der Waals surface area contributed by atoms with E-state index in [1.54, 1.807) is 38.3 Å². The molecule has 5 nitrogen and oxygen atoms in total. The van der Waals surface area contributed by atoms with Gasteiger partial charge in [-0.15, -0.1) is 11.3 Å². The third-order valence-corrected chi connectivity index (χ3v) is 5.76. The molecular weight excluding hydrogens is 350 g/mol. The number of methoxy groups -OCH3 is 1. The van der Waals surface area contributed by atoms with Gasteiger partial charge in [0.2, 0.25) is 0 Å². The van der Waals surface area contributed by atoms with Crippen LogP contribution in [0.2, 0.25) is 0 Å². The fourth-order valence-corrected chi connectivity index (χ4v) is 4.09. The molecule has 0 fully saturated rings. The number of nitrogens with one attached hydrogen (secondary N) is 1. The van der Waals surface area contributed by atoms with E-state index in [0.29, 0.717) is 22.2 Å². The molecule has 3 rings (SSSR count). The molecule has 26 heavy (non-hydrogen) atoms. The Balaban J connectivity index is 1.59. The lowest BCUT2D eigenvalue weighted by atomic mass is 9.90. The summed E-state index contributed by atoms with van der Waals surface area (Å²) < 4.78 is 10.4. The third kappa shape index (κ3) is 4.25. The minimum absolute atomic E-state index is 0.363. The first-order chi connectivity index (χ1) is 12.5. The van der Waals surface area contributed by atoms with Crippen LogP contribution in [0, 0.1) is 5.92 Å². The number of anilines is 1. The number of benzene rings is 1. The number of thiophene rings is 1. The molecule has 0 bridgehead atoms. The lowest BCUT2D eigenvalue weighted by Gasteiger charge is -2.16. The van der Waals surface area contributed by atoms with Crippen LogP contribution >= 0.6 is 11.3 Å². The fraction of sp³-hybridized carbons (Fsp3) is 0.400. The van der Waals surface area contributed by atoms with Crippen LogP contribution in [-0.4, -0.2) is 25.1 Å². The summed E-state index contributed by atoms with van der Waals surface area (Å²) in [5.41, 5.74) is 1.87. The summed E-state index contributed by atoms with van der Waals surface area (Å²) in [6, 6.07) is 8.90. The van der Waals surface area contributed by atoms with E-state index >= 15 is 0 Å². The smallest absolute Gasteiger partial charge is 0.349 e. The van der Waals surface area contributed by atoms with E-state index in [9.17, 15) is 9.59 Å². The molecule has 1 N–H and O–H groups in total. The minimum atomic E-state index is -0.873. The maximum Gasteiger partial charge on any atom is 0.349 e. The molecule has 0 spiro atoms. The van der Waals surface area contributed by atoms with Crippen molar-refractivity contribution < 1.29 is 19.1 Å². The second kappa shape index (κ2) is 7.91. The second-order valence-electron chi connectivity index (χ2n) is 6.67. The van der Waals surface area contributed by atoms with E-state index in [1.807, 2.05) is 6.07 Å². The van der Waals surface area contributed by atoms with E-state index in [-0.39, 0.29) is 5.91 Å². The van der Waals surface area contributed by atoms with Crippen LogP contribution in [0.3, 0.4) is 0 Å². The van der Waals surface area contributed by atoms with E-state index in [2.05, 4.69) is 12.2 Å². The molecule has 0 saturated carbocycles. The highest BCUT2D eigenvalue weighted by atomic mass is 32.1. The molecular formula is C20H23NO4S. The Kier molecular flexibility index (Phi) is 5.61. The fourth-order valence-electron chi connectivity index (χ4n) is 3.00. The van der Waals surface area contributed by atoms with Crippen LogP contribution in [-0.2, 0) is 22.4 Å². The van der Waals surface area contributed by atoms with Crippen molar-refractivity contribution in [2.24, 2.45) is 5.92 Å². The quantitative estimate of drug-likeness (QED) is 0.803. The maximum absolute atomic E-state index is 12.4. The number of aryl methyl sites for hydroxylation is 1. The first kappa shape index (κ1) is 18.5. The number of carbonyl (C=O) groups excluding carboxylic acids is 2. The SMILES string of the molecule is COc1ccc(NC(=O)C(C)OC(=O)c2cc3c(s2)CCC(C)C3)cc1. The molecule has 2 aromatic rings. The summed E-state index contributed by atoms with van der Waals surface area (Å²) in [6.07, 6.45) is 2.31. The van der Waals surface area contributed by atoms with Gasteiger partial charge in [0.1, 0.15) is 10.6 Å². The zero-order valence-corrected chi connectivity index (χ0v) is 16.0.